The second-order valence-corrected chi connectivity index (χ2v) is 7.31. The normalized spacial score (nSPS) is 10.5. The summed E-state index contributed by atoms with van der Waals surface area (Å²) >= 11 is 1.66. The number of nitrogens with zero attached hydrogens (tertiary/aromatic N) is 2. The zero-order valence-electron chi connectivity index (χ0n) is 16.2. The summed E-state index contributed by atoms with van der Waals surface area (Å²) in [6.07, 6.45) is 4.58. The van der Waals surface area contributed by atoms with E-state index in [0.717, 1.165) is 28.2 Å². The van der Waals surface area contributed by atoms with Crippen LogP contribution in [0.3, 0.4) is 0 Å². The predicted molar refractivity (Wildman–Crippen MR) is 110 cm³/mol. The van der Waals surface area contributed by atoms with Crippen LogP contribution in [-0.2, 0) is 17.6 Å². The van der Waals surface area contributed by atoms with Gasteiger partial charge in [0.2, 0.25) is 5.91 Å². The average Bonchev–Trinajstić information content (AvgIpc) is 3.09. The fourth-order valence-electron chi connectivity index (χ4n) is 2.83. The molecule has 0 aliphatic heterocycles. The van der Waals surface area contributed by atoms with Crippen LogP contribution in [-0.4, -0.2) is 36.6 Å². The summed E-state index contributed by atoms with van der Waals surface area (Å²) in [5, 5.41) is 3.96. The Bertz CT molecular complexity index is 941. The Labute approximate surface area is 168 Å². The molecule has 0 bridgehead atoms. The van der Waals surface area contributed by atoms with Crippen LogP contribution in [0.4, 0.5) is 0 Å². The fourth-order valence-corrected chi connectivity index (χ4v) is 3.90. The molecule has 6 nitrogen and oxygen atoms in total. The van der Waals surface area contributed by atoms with Gasteiger partial charge in [0, 0.05) is 35.8 Å². The number of thiazole rings is 1. The van der Waals surface area contributed by atoms with Crippen molar-refractivity contribution in [3.8, 4) is 22.1 Å². The second-order valence-electron chi connectivity index (χ2n) is 6.23. The van der Waals surface area contributed by atoms with Crippen LogP contribution in [0.2, 0.25) is 0 Å². The lowest BCUT2D eigenvalue weighted by atomic mass is 10.1. The quantitative estimate of drug-likeness (QED) is 0.630. The number of hydrogen-bond acceptors (Lipinski definition) is 6. The maximum atomic E-state index is 12.3. The summed E-state index contributed by atoms with van der Waals surface area (Å²) < 4.78 is 10.5. The molecule has 146 valence electrons. The molecule has 0 radical (unpaired) electrons. The number of carbonyl (C=O) groups is 1. The molecule has 0 unspecified atom stereocenters. The number of hydrogen-bond donors (Lipinski definition) is 1. The summed E-state index contributed by atoms with van der Waals surface area (Å²) in [6.45, 7) is 2.58. The largest absolute Gasteiger partial charge is 0.493 e. The molecule has 1 amide bonds. The van der Waals surface area contributed by atoms with E-state index in [1.54, 1.807) is 38.0 Å². The summed E-state index contributed by atoms with van der Waals surface area (Å²) in [5.74, 6) is 1.25. The van der Waals surface area contributed by atoms with E-state index in [1.807, 2.05) is 37.3 Å². The van der Waals surface area contributed by atoms with Gasteiger partial charge in [0.15, 0.2) is 11.5 Å². The van der Waals surface area contributed by atoms with E-state index in [4.69, 9.17) is 9.47 Å². The smallest absolute Gasteiger partial charge is 0.224 e. The third-order valence-corrected chi connectivity index (χ3v) is 5.57. The molecule has 28 heavy (non-hydrogen) atoms. The zero-order valence-corrected chi connectivity index (χ0v) is 17.0. The molecular weight excluding hydrogens is 374 g/mol. The van der Waals surface area contributed by atoms with Gasteiger partial charge in [-0.3, -0.25) is 9.78 Å². The topological polar surface area (TPSA) is 73.3 Å². The number of amides is 1. The first-order valence-corrected chi connectivity index (χ1v) is 9.76. The van der Waals surface area contributed by atoms with Crippen LogP contribution in [0.1, 0.15) is 16.1 Å². The minimum absolute atomic E-state index is 0.0243. The van der Waals surface area contributed by atoms with Crippen LogP contribution in [0.15, 0.2) is 42.7 Å². The van der Waals surface area contributed by atoms with Gasteiger partial charge in [0.25, 0.3) is 0 Å². The lowest BCUT2D eigenvalue weighted by Crippen LogP contribution is -2.27. The van der Waals surface area contributed by atoms with Crippen molar-refractivity contribution < 1.29 is 14.3 Å². The number of aryl methyl sites for hydroxylation is 1. The van der Waals surface area contributed by atoms with Crippen LogP contribution < -0.4 is 14.8 Å². The highest BCUT2D eigenvalue weighted by Gasteiger charge is 2.11. The highest BCUT2D eigenvalue weighted by atomic mass is 32.1. The van der Waals surface area contributed by atoms with Gasteiger partial charge in [-0.2, -0.15) is 0 Å². The van der Waals surface area contributed by atoms with Gasteiger partial charge >= 0.3 is 0 Å². The third kappa shape index (κ3) is 4.86. The predicted octanol–water partition coefficient (Wildman–Crippen LogP) is 3.43. The number of nitrogens with one attached hydrogen (secondary N) is 1. The van der Waals surface area contributed by atoms with Crippen molar-refractivity contribution >= 4 is 17.2 Å². The lowest BCUT2D eigenvalue weighted by molar-refractivity contribution is -0.120. The molecule has 2 aromatic heterocycles. The molecule has 3 aromatic rings. The van der Waals surface area contributed by atoms with Crippen molar-refractivity contribution in [1.29, 1.82) is 0 Å². The Morgan fingerprint density at radius 2 is 1.86 bits per heavy atom. The summed E-state index contributed by atoms with van der Waals surface area (Å²) in [7, 11) is 3.17. The maximum Gasteiger partial charge on any atom is 0.224 e. The number of benzene rings is 1. The first-order chi connectivity index (χ1) is 13.6. The molecule has 7 heteroatoms. The molecule has 3 rings (SSSR count). The van der Waals surface area contributed by atoms with E-state index < -0.39 is 0 Å². The number of aromatic nitrogens is 2. The van der Waals surface area contributed by atoms with Gasteiger partial charge in [0.1, 0.15) is 5.01 Å². The summed E-state index contributed by atoms with van der Waals surface area (Å²) in [4.78, 5) is 22.1. The number of carbonyl (C=O) groups excluding carboxylic acids is 1. The standard InChI is InChI=1S/C21H23N3O3S/c1-14-19(28-21(24-14)16-6-9-22-10-7-16)8-11-23-20(25)13-15-4-5-17(26-2)18(12-15)27-3/h4-7,9-10,12H,8,11,13H2,1-3H3,(H,23,25). The minimum Gasteiger partial charge on any atom is -0.493 e. The molecular formula is C21H23N3O3S. The summed E-state index contributed by atoms with van der Waals surface area (Å²) in [6, 6.07) is 9.41. The number of pyridine rings is 1. The lowest BCUT2D eigenvalue weighted by Gasteiger charge is -2.10. The van der Waals surface area contributed by atoms with Crippen LogP contribution in [0, 0.1) is 6.92 Å². The van der Waals surface area contributed by atoms with Gasteiger partial charge < -0.3 is 14.8 Å². The van der Waals surface area contributed by atoms with E-state index in [-0.39, 0.29) is 5.91 Å². The van der Waals surface area contributed by atoms with E-state index in [0.29, 0.717) is 24.5 Å². The highest BCUT2D eigenvalue weighted by molar-refractivity contribution is 7.15. The van der Waals surface area contributed by atoms with Crippen LogP contribution >= 0.6 is 11.3 Å². The molecule has 0 aliphatic rings. The molecule has 0 fully saturated rings. The number of methoxy groups -OCH3 is 2. The Morgan fingerprint density at radius 3 is 2.57 bits per heavy atom. The molecule has 1 N–H and O–H groups in total. The molecule has 2 heterocycles. The van der Waals surface area contributed by atoms with E-state index >= 15 is 0 Å². The van der Waals surface area contributed by atoms with E-state index in [9.17, 15) is 4.79 Å². The van der Waals surface area contributed by atoms with E-state index in [1.165, 1.54) is 4.88 Å². The maximum absolute atomic E-state index is 12.3. The number of ether oxygens (including phenoxy) is 2. The molecule has 0 saturated carbocycles. The van der Waals surface area contributed by atoms with Crippen molar-refractivity contribution in [3.63, 3.8) is 0 Å². The van der Waals surface area contributed by atoms with Gasteiger partial charge in [-0.15, -0.1) is 11.3 Å². The molecule has 0 spiro atoms. The Morgan fingerprint density at radius 1 is 1.11 bits per heavy atom. The average molecular weight is 398 g/mol. The highest BCUT2D eigenvalue weighted by Crippen LogP contribution is 2.28. The van der Waals surface area contributed by atoms with Gasteiger partial charge in [-0.05, 0) is 36.8 Å². The Balaban J connectivity index is 1.54. The third-order valence-electron chi connectivity index (χ3n) is 4.31. The summed E-state index contributed by atoms with van der Waals surface area (Å²) in [5.41, 5.74) is 2.95. The molecule has 1 aromatic carbocycles. The molecule has 0 atom stereocenters. The van der Waals surface area contributed by atoms with Gasteiger partial charge in [0.05, 0.1) is 26.3 Å². The number of rotatable bonds is 8. The van der Waals surface area contributed by atoms with Crippen molar-refractivity contribution in [2.24, 2.45) is 0 Å². The second kappa shape index (κ2) is 9.32. The first-order valence-electron chi connectivity index (χ1n) is 8.95. The van der Waals surface area contributed by atoms with Gasteiger partial charge in [-0.1, -0.05) is 6.07 Å². The van der Waals surface area contributed by atoms with Crippen molar-refractivity contribution in [2.45, 2.75) is 19.8 Å². The minimum atomic E-state index is -0.0243. The zero-order chi connectivity index (χ0) is 19.9. The Hall–Kier alpha value is -2.93. The molecule has 0 aliphatic carbocycles. The van der Waals surface area contributed by atoms with Gasteiger partial charge in [-0.25, -0.2) is 4.98 Å². The Kier molecular flexibility index (Phi) is 6.60. The monoisotopic (exact) mass is 397 g/mol. The molecule has 0 saturated heterocycles. The van der Waals surface area contributed by atoms with Crippen LogP contribution in [0.5, 0.6) is 11.5 Å². The van der Waals surface area contributed by atoms with E-state index in [2.05, 4.69) is 15.3 Å². The SMILES string of the molecule is COc1ccc(CC(=O)NCCc2sc(-c3ccncc3)nc2C)cc1OC. The first kappa shape index (κ1) is 19.8. The van der Waals surface area contributed by atoms with Crippen molar-refractivity contribution in [2.75, 3.05) is 20.8 Å². The van der Waals surface area contributed by atoms with Crippen molar-refractivity contribution in [1.82, 2.24) is 15.3 Å². The van der Waals surface area contributed by atoms with Crippen LogP contribution in [0.25, 0.3) is 10.6 Å². The fraction of sp³-hybridized carbons (Fsp3) is 0.286. The van der Waals surface area contributed by atoms with Crippen molar-refractivity contribution in [3.05, 3.63) is 58.9 Å².